The molecule has 1 aliphatic carbocycles. The van der Waals surface area contributed by atoms with Crippen LogP contribution in [0.4, 0.5) is 9.59 Å². The van der Waals surface area contributed by atoms with Crippen LogP contribution in [0.25, 0.3) is 0 Å². The zero-order valence-electron chi connectivity index (χ0n) is 13.9. The fourth-order valence-corrected chi connectivity index (χ4v) is 3.79. The van der Waals surface area contributed by atoms with Gasteiger partial charge in [-0.05, 0) is 51.4 Å². The Kier molecular flexibility index (Phi) is 5.91. The van der Waals surface area contributed by atoms with Gasteiger partial charge < -0.3 is 20.9 Å². The van der Waals surface area contributed by atoms with E-state index in [0.29, 0.717) is 19.6 Å². The Morgan fingerprint density at radius 3 is 2.14 bits per heavy atom. The molecule has 0 unspecified atom stereocenters. The van der Waals surface area contributed by atoms with E-state index in [2.05, 4.69) is 12.2 Å². The zero-order chi connectivity index (χ0) is 16.1. The lowest BCUT2D eigenvalue weighted by Crippen LogP contribution is -2.55. The van der Waals surface area contributed by atoms with E-state index in [-0.39, 0.29) is 24.1 Å². The summed E-state index contributed by atoms with van der Waals surface area (Å²) < 4.78 is 0. The first-order valence-electron chi connectivity index (χ1n) is 8.63. The van der Waals surface area contributed by atoms with Crippen molar-refractivity contribution in [3.05, 3.63) is 0 Å². The van der Waals surface area contributed by atoms with Gasteiger partial charge in [-0.1, -0.05) is 6.92 Å². The molecule has 4 amide bonds. The molecular formula is C16H30N4O2. The molecular weight excluding hydrogens is 280 g/mol. The maximum atomic E-state index is 12.0. The molecule has 6 heteroatoms. The molecule has 6 nitrogen and oxygen atoms in total. The molecule has 126 valence electrons. The number of hydrogen-bond acceptors (Lipinski definition) is 2. The van der Waals surface area contributed by atoms with Gasteiger partial charge in [0.1, 0.15) is 0 Å². The van der Waals surface area contributed by atoms with E-state index in [1.165, 1.54) is 12.8 Å². The van der Waals surface area contributed by atoms with Crippen LogP contribution < -0.4 is 11.1 Å². The van der Waals surface area contributed by atoms with Crippen molar-refractivity contribution >= 4 is 12.1 Å². The highest BCUT2D eigenvalue weighted by Crippen LogP contribution is 2.30. The van der Waals surface area contributed by atoms with Gasteiger partial charge in [-0.2, -0.15) is 0 Å². The van der Waals surface area contributed by atoms with Gasteiger partial charge in [0.2, 0.25) is 0 Å². The number of piperidine rings is 1. The van der Waals surface area contributed by atoms with Gasteiger partial charge in [-0.15, -0.1) is 0 Å². The van der Waals surface area contributed by atoms with Crippen molar-refractivity contribution in [1.82, 2.24) is 15.1 Å². The van der Waals surface area contributed by atoms with Gasteiger partial charge in [0.25, 0.3) is 0 Å². The number of likely N-dealkylation sites (tertiary alicyclic amines) is 1. The van der Waals surface area contributed by atoms with Gasteiger partial charge in [-0.25, -0.2) is 9.59 Å². The van der Waals surface area contributed by atoms with Crippen LogP contribution in [0.2, 0.25) is 0 Å². The van der Waals surface area contributed by atoms with Crippen molar-refractivity contribution in [2.45, 2.75) is 64.5 Å². The van der Waals surface area contributed by atoms with Crippen molar-refractivity contribution in [3.8, 4) is 0 Å². The fourth-order valence-electron chi connectivity index (χ4n) is 3.79. The van der Waals surface area contributed by atoms with E-state index in [9.17, 15) is 9.59 Å². The molecule has 0 atom stereocenters. The van der Waals surface area contributed by atoms with Crippen molar-refractivity contribution < 1.29 is 9.59 Å². The summed E-state index contributed by atoms with van der Waals surface area (Å²) in [7, 11) is 0. The van der Waals surface area contributed by atoms with Crippen LogP contribution in [-0.2, 0) is 0 Å². The fraction of sp³-hybridized carbons (Fsp3) is 0.875. The van der Waals surface area contributed by atoms with Gasteiger partial charge in [0.15, 0.2) is 0 Å². The molecule has 0 aromatic heterocycles. The predicted molar refractivity (Wildman–Crippen MR) is 86.5 cm³/mol. The molecule has 3 N–H and O–H groups in total. The first kappa shape index (κ1) is 16.9. The smallest absolute Gasteiger partial charge is 0.317 e. The Hall–Kier alpha value is -1.46. The number of carbonyl (C=O) groups excluding carboxylic acids is 2. The minimum Gasteiger partial charge on any atom is -0.351 e. The summed E-state index contributed by atoms with van der Waals surface area (Å²) in [6, 6.07) is 0.172. The predicted octanol–water partition coefficient (Wildman–Crippen LogP) is 2.14. The maximum Gasteiger partial charge on any atom is 0.317 e. The number of nitrogens with two attached hydrogens (primary N) is 1. The largest absolute Gasteiger partial charge is 0.351 e. The quantitative estimate of drug-likeness (QED) is 0.837. The number of urea groups is 2. The number of hydrogen-bond donors (Lipinski definition) is 2. The number of amides is 4. The summed E-state index contributed by atoms with van der Waals surface area (Å²) >= 11 is 0. The van der Waals surface area contributed by atoms with Crippen molar-refractivity contribution in [2.24, 2.45) is 11.7 Å². The highest BCUT2D eigenvalue weighted by atomic mass is 16.2. The standard InChI is InChI=1S/C16H30N4O2/c1-3-18-16(22)19-10-8-14(9-11-19)20(15(17)21)13-6-4-12(2)5-7-13/h12-14H,3-11H2,1-2H3,(H2,17,21)(H,18,22)/t12-,13-. The Morgan fingerprint density at radius 1 is 1.09 bits per heavy atom. The van der Waals surface area contributed by atoms with E-state index in [4.69, 9.17) is 5.73 Å². The van der Waals surface area contributed by atoms with E-state index in [1.54, 1.807) is 0 Å². The van der Waals surface area contributed by atoms with Gasteiger partial charge in [-0.3, -0.25) is 0 Å². The van der Waals surface area contributed by atoms with Crippen LogP contribution in [0.15, 0.2) is 0 Å². The maximum absolute atomic E-state index is 12.0. The molecule has 1 heterocycles. The molecule has 1 saturated carbocycles. The zero-order valence-corrected chi connectivity index (χ0v) is 13.9. The third kappa shape index (κ3) is 4.05. The molecule has 1 saturated heterocycles. The minimum absolute atomic E-state index is 0.00179. The number of carbonyl (C=O) groups is 2. The van der Waals surface area contributed by atoms with E-state index < -0.39 is 0 Å². The first-order valence-corrected chi connectivity index (χ1v) is 8.63. The van der Waals surface area contributed by atoms with Crippen LogP contribution in [0.3, 0.4) is 0 Å². The number of primary amides is 1. The summed E-state index contributed by atoms with van der Waals surface area (Å²) in [6.07, 6.45) is 6.11. The molecule has 1 aliphatic heterocycles. The molecule has 0 aromatic carbocycles. The van der Waals surface area contributed by atoms with Crippen molar-refractivity contribution in [1.29, 1.82) is 0 Å². The number of rotatable bonds is 3. The van der Waals surface area contributed by atoms with Crippen molar-refractivity contribution in [3.63, 3.8) is 0 Å². The molecule has 0 spiro atoms. The van der Waals surface area contributed by atoms with Crippen molar-refractivity contribution in [2.75, 3.05) is 19.6 Å². The lowest BCUT2D eigenvalue weighted by molar-refractivity contribution is 0.0866. The van der Waals surface area contributed by atoms with Gasteiger partial charge in [0.05, 0.1) is 0 Å². The summed E-state index contributed by atoms with van der Waals surface area (Å²) in [4.78, 5) is 27.6. The van der Waals surface area contributed by atoms with Crippen LogP contribution in [-0.4, -0.2) is 53.6 Å². The summed E-state index contributed by atoms with van der Waals surface area (Å²) in [5.74, 6) is 0.755. The second-order valence-corrected chi connectivity index (χ2v) is 6.71. The lowest BCUT2D eigenvalue weighted by atomic mass is 9.85. The van der Waals surface area contributed by atoms with E-state index in [0.717, 1.165) is 31.6 Å². The molecule has 2 rings (SSSR count). The molecule has 2 aliphatic rings. The third-order valence-electron chi connectivity index (χ3n) is 5.11. The van der Waals surface area contributed by atoms with E-state index >= 15 is 0 Å². The monoisotopic (exact) mass is 310 g/mol. The highest BCUT2D eigenvalue weighted by Gasteiger charge is 2.34. The molecule has 0 aromatic rings. The van der Waals surface area contributed by atoms with Crippen LogP contribution >= 0.6 is 0 Å². The van der Waals surface area contributed by atoms with Gasteiger partial charge in [0, 0.05) is 31.7 Å². The normalized spacial score (nSPS) is 26.5. The van der Waals surface area contributed by atoms with Crippen LogP contribution in [0.1, 0.15) is 52.4 Å². The Bertz CT molecular complexity index is 386. The first-order chi connectivity index (χ1) is 10.5. The highest BCUT2D eigenvalue weighted by molar-refractivity contribution is 5.74. The van der Waals surface area contributed by atoms with Crippen LogP contribution in [0.5, 0.6) is 0 Å². The topological polar surface area (TPSA) is 78.7 Å². The molecule has 2 fully saturated rings. The summed E-state index contributed by atoms with van der Waals surface area (Å²) in [5.41, 5.74) is 5.67. The SMILES string of the molecule is CCNC(=O)N1CCC(N(C(N)=O)[C@H]2CC[C@H](C)CC2)CC1. The Balaban J connectivity index is 1.91. The van der Waals surface area contributed by atoms with Gasteiger partial charge >= 0.3 is 12.1 Å². The average Bonchev–Trinajstić information content (AvgIpc) is 2.50. The number of nitrogens with zero attached hydrogens (tertiary/aromatic N) is 2. The second kappa shape index (κ2) is 7.70. The summed E-state index contributed by atoms with van der Waals surface area (Å²) in [5, 5.41) is 2.83. The molecule has 0 bridgehead atoms. The molecule has 0 radical (unpaired) electrons. The Labute approximate surface area is 133 Å². The third-order valence-corrected chi connectivity index (χ3v) is 5.11. The van der Waals surface area contributed by atoms with E-state index in [1.807, 2.05) is 16.7 Å². The van der Waals surface area contributed by atoms with Crippen LogP contribution in [0, 0.1) is 5.92 Å². The summed E-state index contributed by atoms with van der Waals surface area (Å²) in [6.45, 7) is 6.23. The molecule has 22 heavy (non-hydrogen) atoms. The minimum atomic E-state index is -0.295. The number of nitrogens with one attached hydrogen (secondary N) is 1. The Morgan fingerprint density at radius 2 is 1.64 bits per heavy atom. The second-order valence-electron chi connectivity index (χ2n) is 6.71. The average molecular weight is 310 g/mol. The lowest BCUT2D eigenvalue weighted by Gasteiger charge is -2.43.